The minimum Gasteiger partial charge on any atom is -0.481 e. The molecule has 0 radical (unpaired) electrons. The largest absolute Gasteiger partial charge is 0.481 e. The maximum Gasteiger partial charge on any atom is 0.313 e. The van der Waals surface area contributed by atoms with Crippen LogP contribution in [0.25, 0.3) is 0 Å². The van der Waals surface area contributed by atoms with Crippen LogP contribution in [0.1, 0.15) is 19.2 Å². The Hall–Kier alpha value is -1.04. The second-order valence-electron chi connectivity index (χ2n) is 4.30. The van der Waals surface area contributed by atoms with Crippen molar-refractivity contribution in [2.75, 3.05) is 5.75 Å². The van der Waals surface area contributed by atoms with Gasteiger partial charge in [0.1, 0.15) is 5.82 Å². The molecular formula is C10H15N3O2S. The first-order valence-corrected chi connectivity index (χ1v) is 6.31. The summed E-state index contributed by atoms with van der Waals surface area (Å²) in [6.45, 7) is 5.06. The maximum absolute atomic E-state index is 10.5. The molecule has 0 aliphatic heterocycles. The summed E-state index contributed by atoms with van der Waals surface area (Å²) in [6.07, 6.45) is 1.25. The zero-order valence-corrected chi connectivity index (χ0v) is 10.2. The fraction of sp³-hybridized carbons (Fsp3) is 0.700. The van der Waals surface area contributed by atoms with Gasteiger partial charge in [-0.25, -0.2) is 0 Å². The smallest absolute Gasteiger partial charge is 0.313 e. The molecule has 1 N–H and O–H groups in total. The topological polar surface area (TPSA) is 68.0 Å². The van der Waals surface area contributed by atoms with Crippen molar-refractivity contribution in [2.24, 2.45) is 11.8 Å². The maximum atomic E-state index is 10.5. The van der Waals surface area contributed by atoms with Crippen LogP contribution in [0.2, 0.25) is 0 Å². The van der Waals surface area contributed by atoms with E-state index in [1.54, 1.807) is 0 Å². The summed E-state index contributed by atoms with van der Waals surface area (Å²) >= 11 is 1.24. The Labute approximate surface area is 98.3 Å². The van der Waals surface area contributed by atoms with Crippen molar-refractivity contribution in [1.82, 2.24) is 14.8 Å². The van der Waals surface area contributed by atoms with Crippen molar-refractivity contribution < 1.29 is 9.90 Å². The lowest BCUT2D eigenvalue weighted by atomic mass is 10.3. The highest BCUT2D eigenvalue weighted by atomic mass is 32.2. The third-order valence-corrected chi connectivity index (χ3v) is 3.87. The van der Waals surface area contributed by atoms with Crippen LogP contribution in [0, 0.1) is 18.8 Å². The van der Waals surface area contributed by atoms with Crippen molar-refractivity contribution in [1.29, 1.82) is 0 Å². The molecule has 1 aromatic rings. The highest BCUT2D eigenvalue weighted by Crippen LogP contribution is 2.39. The van der Waals surface area contributed by atoms with E-state index in [1.807, 2.05) is 11.5 Å². The van der Waals surface area contributed by atoms with Crippen molar-refractivity contribution in [2.45, 2.75) is 32.0 Å². The molecule has 1 heterocycles. The lowest BCUT2D eigenvalue weighted by Crippen LogP contribution is -2.06. The van der Waals surface area contributed by atoms with Crippen molar-refractivity contribution in [3.05, 3.63) is 5.82 Å². The van der Waals surface area contributed by atoms with Gasteiger partial charge in [0.05, 0.1) is 5.75 Å². The van der Waals surface area contributed by atoms with E-state index in [1.165, 1.54) is 18.2 Å². The Balaban J connectivity index is 2.03. The third kappa shape index (κ3) is 2.55. The molecule has 0 saturated heterocycles. The Morgan fingerprint density at radius 2 is 2.31 bits per heavy atom. The summed E-state index contributed by atoms with van der Waals surface area (Å²) in [6, 6.07) is 0. The van der Waals surface area contributed by atoms with E-state index < -0.39 is 5.97 Å². The first-order valence-electron chi connectivity index (χ1n) is 5.32. The molecule has 0 amide bonds. The highest BCUT2D eigenvalue weighted by Gasteiger charge is 2.33. The van der Waals surface area contributed by atoms with Gasteiger partial charge in [-0.3, -0.25) is 4.79 Å². The SMILES string of the molecule is Cc1nnc(SCC(=O)O)n1CC1CC1C. The molecule has 1 aliphatic carbocycles. The van der Waals surface area contributed by atoms with Gasteiger partial charge < -0.3 is 9.67 Å². The summed E-state index contributed by atoms with van der Waals surface area (Å²) in [5, 5.41) is 17.4. The molecule has 2 atom stereocenters. The van der Waals surface area contributed by atoms with E-state index in [0.29, 0.717) is 5.92 Å². The molecule has 6 heteroatoms. The Morgan fingerprint density at radius 1 is 1.62 bits per heavy atom. The number of carboxylic acid groups (broad SMARTS) is 1. The van der Waals surface area contributed by atoms with E-state index in [2.05, 4.69) is 17.1 Å². The predicted octanol–water partition coefficient (Wildman–Crippen LogP) is 1.42. The van der Waals surface area contributed by atoms with Gasteiger partial charge in [0, 0.05) is 6.54 Å². The first-order chi connectivity index (χ1) is 7.58. The summed E-state index contributed by atoms with van der Waals surface area (Å²) in [5.74, 6) is 1.57. The van der Waals surface area contributed by atoms with Gasteiger partial charge in [-0.05, 0) is 25.2 Å². The second-order valence-corrected chi connectivity index (χ2v) is 5.24. The first kappa shape index (κ1) is 11.4. The molecule has 2 unspecified atom stereocenters. The number of hydrogen-bond donors (Lipinski definition) is 1. The molecule has 0 aromatic carbocycles. The van der Waals surface area contributed by atoms with Gasteiger partial charge in [-0.15, -0.1) is 10.2 Å². The van der Waals surface area contributed by atoms with Crippen LogP contribution >= 0.6 is 11.8 Å². The Kier molecular flexibility index (Phi) is 3.18. The summed E-state index contributed by atoms with van der Waals surface area (Å²) < 4.78 is 2.03. The molecule has 2 rings (SSSR count). The number of aromatic nitrogens is 3. The van der Waals surface area contributed by atoms with Crippen molar-refractivity contribution in [3.8, 4) is 0 Å². The normalized spacial score (nSPS) is 23.4. The van der Waals surface area contributed by atoms with E-state index in [4.69, 9.17) is 5.11 Å². The quantitative estimate of drug-likeness (QED) is 0.790. The Morgan fingerprint density at radius 3 is 2.88 bits per heavy atom. The number of carboxylic acids is 1. The van der Waals surface area contributed by atoms with Crippen molar-refractivity contribution >= 4 is 17.7 Å². The average Bonchev–Trinajstić information content (AvgIpc) is 2.79. The number of rotatable bonds is 5. The second kappa shape index (κ2) is 4.45. The number of carbonyl (C=O) groups is 1. The summed E-state index contributed by atoms with van der Waals surface area (Å²) in [5.41, 5.74) is 0. The number of nitrogens with zero attached hydrogens (tertiary/aromatic N) is 3. The lowest BCUT2D eigenvalue weighted by molar-refractivity contribution is -0.133. The standard InChI is InChI=1S/C10H15N3O2S/c1-6-3-8(6)4-13-7(2)11-12-10(13)16-5-9(14)15/h6,8H,3-5H2,1-2H3,(H,14,15). The van der Waals surface area contributed by atoms with Gasteiger partial charge >= 0.3 is 5.97 Å². The number of aryl methyl sites for hydroxylation is 1. The molecule has 1 aromatic heterocycles. The third-order valence-electron chi connectivity index (χ3n) is 2.92. The van der Waals surface area contributed by atoms with Gasteiger partial charge in [0.15, 0.2) is 5.16 Å². The van der Waals surface area contributed by atoms with Crippen LogP contribution in [0.5, 0.6) is 0 Å². The van der Waals surface area contributed by atoms with Crippen LogP contribution in [-0.2, 0) is 11.3 Å². The van der Waals surface area contributed by atoms with Gasteiger partial charge in [-0.2, -0.15) is 0 Å². The van der Waals surface area contributed by atoms with Gasteiger partial charge in [0.2, 0.25) is 0 Å². The van der Waals surface area contributed by atoms with E-state index >= 15 is 0 Å². The number of aliphatic carboxylic acids is 1. The fourth-order valence-corrected chi connectivity index (χ4v) is 2.41. The van der Waals surface area contributed by atoms with Crippen LogP contribution in [-0.4, -0.2) is 31.6 Å². The van der Waals surface area contributed by atoms with E-state index in [-0.39, 0.29) is 5.75 Å². The molecule has 1 fully saturated rings. The molecule has 5 nitrogen and oxygen atoms in total. The lowest BCUT2D eigenvalue weighted by Gasteiger charge is -2.06. The summed E-state index contributed by atoms with van der Waals surface area (Å²) in [7, 11) is 0. The Bertz CT molecular complexity index is 405. The minimum absolute atomic E-state index is 0.0400. The van der Waals surface area contributed by atoms with Gasteiger partial charge in [-0.1, -0.05) is 18.7 Å². The molecule has 1 aliphatic rings. The van der Waals surface area contributed by atoms with Crippen LogP contribution < -0.4 is 0 Å². The molecule has 1 saturated carbocycles. The molecule has 16 heavy (non-hydrogen) atoms. The molecule has 0 bridgehead atoms. The van der Waals surface area contributed by atoms with Gasteiger partial charge in [0.25, 0.3) is 0 Å². The predicted molar refractivity (Wildman–Crippen MR) is 60.4 cm³/mol. The summed E-state index contributed by atoms with van der Waals surface area (Å²) in [4.78, 5) is 10.5. The molecule has 0 spiro atoms. The molecule has 88 valence electrons. The van der Waals surface area contributed by atoms with Crippen LogP contribution in [0.15, 0.2) is 5.16 Å². The minimum atomic E-state index is -0.822. The monoisotopic (exact) mass is 241 g/mol. The average molecular weight is 241 g/mol. The zero-order valence-electron chi connectivity index (χ0n) is 9.38. The number of thioether (sulfide) groups is 1. The molecular weight excluding hydrogens is 226 g/mol. The van der Waals surface area contributed by atoms with E-state index in [9.17, 15) is 4.79 Å². The van der Waals surface area contributed by atoms with Crippen LogP contribution in [0.3, 0.4) is 0 Å². The highest BCUT2D eigenvalue weighted by molar-refractivity contribution is 7.99. The van der Waals surface area contributed by atoms with Crippen LogP contribution in [0.4, 0.5) is 0 Å². The fourth-order valence-electron chi connectivity index (χ4n) is 1.69. The van der Waals surface area contributed by atoms with E-state index in [0.717, 1.165) is 23.4 Å². The zero-order chi connectivity index (χ0) is 11.7. The van der Waals surface area contributed by atoms with Crippen molar-refractivity contribution in [3.63, 3.8) is 0 Å². The number of hydrogen-bond acceptors (Lipinski definition) is 4.